The van der Waals surface area contributed by atoms with Gasteiger partial charge in [0, 0.05) is 18.7 Å². The van der Waals surface area contributed by atoms with Crippen molar-refractivity contribution < 1.29 is 14.6 Å². The number of ether oxygens (including phenoxy) is 1. The Kier molecular flexibility index (Phi) is 3.17. The van der Waals surface area contributed by atoms with E-state index in [1.165, 1.54) is 0 Å². The molecule has 2 N–H and O–H groups in total. The van der Waals surface area contributed by atoms with E-state index in [2.05, 4.69) is 5.32 Å². The molecule has 0 unspecified atom stereocenters. The number of β-amino-alcohol motifs (C(OH)–C–C–N with tert-alkyl or cyclic N) is 1. The predicted octanol–water partition coefficient (Wildman–Crippen LogP) is 0.829. The smallest absolute Gasteiger partial charge is 0.150 e. The van der Waals surface area contributed by atoms with Gasteiger partial charge in [0.05, 0.1) is 0 Å². The Morgan fingerprint density at radius 1 is 1.47 bits per heavy atom. The van der Waals surface area contributed by atoms with Crippen LogP contribution < -0.4 is 10.1 Å². The molecule has 0 radical (unpaired) electrons. The van der Waals surface area contributed by atoms with E-state index in [1.807, 2.05) is 19.9 Å². The molecule has 1 heterocycles. The van der Waals surface area contributed by atoms with E-state index in [0.29, 0.717) is 24.4 Å². The number of aliphatic hydroxyl groups is 1. The van der Waals surface area contributed by atoms with Crippen molar-refractivity contribution in [2.75, 3.05) is 19.7 Å². The molecule has 0 atom stereocenters. The SMILES string of the molecule is Cc1cc(OCC2(O)CNC2)cc(C=O)c1C. The van der Waals surface area contributed by atoms with Gasteiger partial charge in [-0.15, -0.1) is 0 Å². The van der Waals surface area contributed by atoms with Gasteiger partial charge in [-0.2, -0.15) is 0 Å². The highest BCUT2D eigenvalue weighted by Crippen LogP contribution is 2.22. The molecule has 0 aromatic heterocycles. The van der Waals surface area contributed by atoms with Gasteiger partial charge >= 0.3 is 0 Å². The lowest BCUT2D eigenvalue weighted by Crippen LogP contribution is -2.62. The molecule has 1 saturated heterocycles. The topological polar surface area (TPSA) is 58.6 Å². The molecule has 1 aliphatic rings. The number of aldehydes is 1. The highest BCUT2D eigenvalue weighted by atomic mass is 16.5. The zero-order valence-corrected chi connectivity index (χ0v) is 10.1. The second-order valence-corrected chi connectivity index (χ2v) is 4.69. The molecule has 2 rings (SSSR count). The van der Waals surface area contributed by atoms with E-state index in [4.69, 9.17) is 4.74 Å². The zero-order valence-electron chi connectivity index (χ0n) is 10.1. The lowest BCUT2D eigenvalue weighted by molar-refractivity contribution is -0.0456. The maximum absolute atomic E-state index is 10.9. The monoisotopic (exact) mass is 235 g/mol. The molecule has 0 aliphatic carbocycles. The minimum absolute atomic E-state index is 0.251. The van der Waals surface area contributed by atoms with Crippen molar-refractivity contribution in [3.63, 3.8) is 0 Å². The summed E-state index contributed by atoms with van der Waals surface area (Å²) in [5, 5.41) is 12.9. The summed E-state index contributed by atoms with van der Waals surface area (Å²) in [5.41, 5.74) is 1.86. The van der Waals surface area contributed by atoms with Gasteiger partial charge in [0.25, 0.3) is 0 Å². The minimum atomic E-state index is -0.764. The summed E-state index contributed by atoms with van der Waals surface area (Å²) in [7, 11) is 0. The number of hydrogen-bond acceptors (Lipinski definition) is 4. The van der Waals surface area contributed by atoms with Crippen LogP contribution in [0, 0.1) is 13.8 Å². The van der Waals surface area contributed by atoms with Crippen LogP contribution in [-0.4, -0.2) is 36.7 Å². The van der Waals surface area contributed by atoms with E-state index in [1.54, 1.807) is 6.07 Å². The van der Waals surface area contributed by atoms with Gasteiger partial charge in [-0.1, -0.05) is 0 Å². The molecule has 1 aliphatic heterocycles. The first-order valence-corrected chi connectivity index (χ1v) is 5.66. The van der Waals surface area contributed by atoms with Crippen molar-refractivity contribution in [2.24, 2.45) is 0 Å². The number of benzene rings is 1. The Morgan fingerprint density at radius 3 is 2.71 bits per heavy atom. The summed E-state index contributed by atoms with van der Waals surface area (Å²) in [5.74, 6) is 0.635. The number of nitrogens with one attached hydrogen (secondary N) is 1. The third-order valence-corrected chi connectivity index (χ3v) is 3.22. The van der Waals surface area contributed by atoms with Crippen molar-refractivity contribution in [1.29, 1.82) is 0 Å². The van der Waals surface area contributed by atoms with Crippen molar-refractivity contribution in [1.82, 2.24) is 5.32 Å². The average molecular weight is 235 g/mol. The van der Waals surface area contributed by atoms with Crippen LogP contribution in [0.25, 0.3) is 0 Å². The molecule has 0 bridgehead atoms. The first-order valence-electron chi connectivity index (χ1n) is 5.66. The van der Waals surface area contributed by atoms with Crippen LogP contribution in [0.1, 0.15) is 21.5 Å². The van der Waals surface area contributed by atoms with Gasteiger partial charge in [-0.25, -0.2) is 0 Å². The first-order chi connectivity index (χ1) is 8.04. The molecule has 4 nitrogen and oxygen atoms in total. The first kappa shape index (κ1) is 12.1. The van der Waals surface area contributed by atoms with E-state index >= 15 is 0 Å². The molecule has 17 heavy (non-hydrogen) atoms. The Morgan fingerprint density at radius 2 is 2.18 bits per heavy atom. The van der Waals surface area contributed by atoms with E-state index in [-0.39, 0.29) is 6.61 Å². The van der Waals surface area contributed by atoms with Crippen molar-refractivity contribution >= 4 is 6.29 Å². The predicted molar refractivity (Wildman–Crippen MR) is 64.6 cm³/mol. The quantitative estimate of drug-likeness (QED) is 0.759. The Bertz CT molecular complexity index is 439. The average Bonchev–Trinajstić information content (AvgIpc) is 2.28. The van der Waals surface area contributed by atoms with Crippen LogP contribution in [0.4, 0.5) is 0 Å². The molecule has 92 valence electrons. The van der Waals surface area contributed by atoms with Gasteiger partial charge in [-0.3, -0.25) is 4.79 Å². The van der Waals surface area contributed by atoms with Gasteiger partial charge in [0.15, 0.2) is 0 Å². The van der Waals surface area contributed by atoms with Gasteiger partial charge < -0.3 is 15.2 Å². The fraction of sp³-hybridized carbons (Fsp3) is 0.462. The van der Waals surface area contributed by atoms with Crippen molar-refractivity contribution in [3.05, 3.63) is 28.8 Å². The molecule has 1 aromatic carbocycles. The molecule has 0 amide bonds. The van der Waals surface area contributed by atoms with E-state index in [9.17, 15) is 9.90 Å². The maximum atomic E-state index is 10.9. The summed E-state index contributed by atoms with van der Waals surface area (Å²) >= 11 is 0. The van der Waals surface area contributed by atoms with Gasteiger partial charge in [0.2, 0.25) is 0 Å². The van der Waals surface area contributed by atoms with Crippen LogP contribution in [0.5, 0.6) is 5.75 Å². The lowest BCUT2D eigenvalue weighted by atomic mass is 9.99. The van der Waals surface area contributed by atoms with Crippen LogP contribution in [0.3, 0.4) is 0 Å². The fourth-order valence-corrected chi connectivity index (χ4v) is 1.79. The van der Waals surface area contributed by atoms with E-state index in [0.717, 1.165) is 17.4 Å². The van der Waals surface area contributed by atoms with E-state index < -0.39 is 5.60 Å². The summed E-state index contributed by atoms with van der Waals surface area (Å²) in [6, 6.07) is 3.60. The van der Waals surface area contributed by atoms with Crippen LogP contribution in [0.15, 0.2) is 12.1 Å². The molecular weight excluding hydrogens is 218 g/mol. The molecule has 1 aromatic rings. The molecule has 1 fully saturated rings. The summed E-state index contributed by atoms with van der Waals surface area (Å²) in [6.45, 7) is 5.21. The number of aryl methyl sites for hydroxylation is 1. The summed E-state index contributed by atoms with van der Waals surface area (Å²) in [4.78, 5) is 10.9. The van der Waals surface area contributed by atoms with Crippen molar-refractivity contribution in [3.8, 4) is 5.75 Å². The third-order valence-electron chi connectivity index (χ3n) is 3.22. The lowest BCUT2D eigenvalue weighted by Gasteiger charge is -2.37. The minimum Gasteiger partial charge on any atom is -0.490 e. The molecule has 0 saturated carbocycles. The number of carbonyl (C=O) groups excluding carboxylic acids is 1. The molecule has 0 spiro atoms. The molecule has 4 heteroatoms. The Hall–Kier alpha value is -1.39. The van der Waals surface area contributed by atoms with Crippen LogP contribution >= 0.6 is 0 Å². The van der Waals surface area contributed by atoms with Crippen LogP contribution in [0.2, 0.25) is 0 Å². The molecular formula is C13H17NO3. The number of carbonyl (C=O) groups is 1. The normalized spacial score (nSPS) is 17.4. The Balaban J connectivity index is 2.10. The number of rotatable bonds is 4. The second kappa shape index (κ2) is 4.47. The highest BCUT2D eigenvalue weighted by Gasteiger charge is 2.35. The van der Waals surface area contributed by atoms with Crippen molar-refractivity contribution in [2.45, 2.75) is 19.4 Å². The summed E-state index contributed by atoms with van der Waals surface area (Å²) in [6.07, 6.45) is 0.828. The second-order valence-electron chi connectivity index (χ2n) is 4.69. The Labute approximate surface area is 101 Å². The number of hydrogen-bond donors (Lipinski definition) is 2. The van der Waals surface area contributed by atoms with Gasteiger partial charge in [0.1, 0.15) is 24.2 Å². The zero-order chi connectivity index (χ0) is 12.5. The largest absolute Gasteiger partial charge is 0.490 e. The van der Waals surface area contributed by atoms with Gasteiger partial charge in [-0.05, 0) is 37.1 Å². The fourth-order valence-electron chi connectivity index (χ4n) is 1.79. The highest BCUT2D eigenvalue weighted by molar-refractivity contribution is 5.78. The standard InChI is InChI=1S/C13H17NO3/c1-9-3-12(4-11(5-15)10(9)2)17-8-13(16)6-14-7-13/h3-5,14,16H,6-8H2,1-2H3. The summed E-state index contributed by atoms with van der Waals surface area (Å²) < 4.78 is 5.54. The van der Waals surface area contributed by atoms with Crippen LogP contribution in [-0.2, 0) is 0 Å². The maximum Gasteiger partial charge on any atom is 0.150 e. The third kappa shape index (κ3) is 2.48.